The number of ether oxygens (including phenoxy) is 1. The van der Waals surface area contributed by atoms with Crippen molar-refractivity contribution in [3.05, 3.63) is 94.8 Å². The molecule has 3 aromatic carbocycles. The third kappa shape index (κ3) is 3.21. The summed E-state index contributed by atoms with van der Waals surface area (Å²) in [5.74, 6) is -0.407. The molecule has 0 unspecified atom stereocenters. The molecule has 1 heterocycles. The van der Waals surface area contributed by atoms with Gasteiger partial charge in [0.2, 0.25) is 0 Å². The number of hydrogen-bond donors (Lipinski definition) is 0. The SMILES string of the molecule is CCOC(=O)c1ccc2oc(=O)c(-c3ccccc3)c(-c3ccccc3)c2c1. The molecule has 138 valence electrons. The van der Waals surface area contributed by atoms with Crippen LogP contribution in [-0.2, 0) is 4.74 Å². The van der Waals surface area contributed by atoms with Gasteiger partial charge in [0, 0.05) is 10.9 Å². The molecule has 0 saturated carbocycles. The van der Waals surface area contributed by atoms with Gasteiger partial charge in [0.15, 0.2) is 0 Å². The van der Waals surface area contributed by atoms with E-state index >= 15 is 0 Å². The van der Waals surface area contributed by atoms with Crippen LogP contribution >= 0.6 is 0 Å². The lowest BCUT2D eigenvalue weighted by molar-refractivity contribution is 0.0526. The van der Waals surface area contributed by atoms with E-state index in [0.717, 1.165) is 16.7 Å². The molecule has 28 heavy (non-hydrogen) atoms. The average molecular weight is 370 g/mol. The lowest BCUT2D eigenvalue weighted by Crippen LogP contribution is -2.08. The highest BCUT2D eigenvalue weighted by Gasteiger charge is 2.19. The second kappa shape index (κ2) is 7.53. The van der Waals surface area contributed by atoms with Crippen LogP contribution in [0.2, 0.25) is 0 Å². The summed E-state index contributed by atoms with van der Waals surface area (Å²) in [6.07, 6.45) is 0. The van der Waals surface area contributed by atoms with Crippen molar-refractivity contribution in [3.63, 3.8) is 0 Å². The quantitative estimate of drug-likeness (QED) is 0.361. The highest BCUT2D eigenvalue weighted by Crippen LogP contribution is 2.36. The molecular formula is C24H18O4. The second-order valence-corrected chi connectivity index (χ2v) is 6.30. The minimum absolute atomic E-state index is 0.293. The lowest BCUT2D eigenvalue weighted by Gasteiger charge is -2.13. The lowest BCUT2D eigenvalue weighted by atomic mass is 9.92. The van der Waals surface area contributed by atoms with Crippen molar-refractivity contribution < 1.29 is 13.9 Å². The van der Waals surface area contributed by atoms with E-state index in [1.807, 2.05) is 60.7 Å². The molecule has 0 aliphatic heterocycles. The maximum Gasteiger partial charge on any atom is 0.344 e. The zero-order chi connectivity index (χ0) is 19.5. The molecule has 1 aromatic heterocycles. The number of esters is 1. The van der Waals surface area contributed by atoms with Gasteiger partial charge in [-0.15, -0.1) is 0 Å². The van der Waals surface area contributed by atoms with Crippen LogP contribution in [0.5, 0.6) is 0 Å². The summed E-state index contributed by atoms with van der Waals surface area (Å²) < 4.78 is 10.7. The number of rotatable bonds is 4. The van der Waals surface area contributed by atoms with Crippen molar-refractivity contribution in [2.45, 2.75) is 6.92 Å². The molecule has 4 heteroatoms. The minimum atomic E-state index is -0.415. The summed E-state index contributed by atoms with van der Waals surface area (Å²) in [7, 11) is 0. The summed E-state index contributed by atoms with van der Waals surface area (Å²) in [5, 5.41) is 0.690. The van der Waals surface area contributed by atoms with Crippen LogP contribution in [-0.4, -0.2) is 12.6 Å². The molecule has 0 saturated heterocycles. The summed E-state index contributed by atoms with van der Waals surface area (Å²) in [4.78, 5) is 25.1. The first-order valence-electron chi connectivity index (χ1n) is 9.08. The summed E-state index contributed by atoms with van der Waals surface area (Å²) in [6.45, 7) is 2.06. The van der Waals surface area contributed by atoms with Crippen LogP contribution in [0.1, 0.15) is 17.3 Å². The predicted molar refractivity (Wildman–Crippen MR) is 109 cm³/mol. The van der Waals surface area contributed by atoms with Crippen LogP contribution in [0.4, 0.5) is 0 Å². The topological polar surface area (TPSA) is 56.5 Å². The van der Waals surface area contributed by atoms with Gasteiger partial charge in [-0.05, 0) is 36.2 Å². The molecule has 0 spiro atoms. The van der Waals surface area contributed by atoms with Gasteiger partial charge in [0.05, 0.1) is 17.7 Å². The number of carbonyl (C=O) groups is 1. The maximum atomic E-state index is 12.9. The first-order valence-corrected chi connectivity index (χ1v) is 9.08. The second-order valence-electron chi connectivity index (χ2n) is 6.30. The Bertz CT molecular complexity index is 1190. The first kappa shape index (κ1) is 17.7. The number of benzene rings is 3. The molecule has 0 radical (unpaired) electrons. The smallest absolute Gasteiger partial charge is 0.344 e. The van der Waals surface area contributed by atoms with Gasteiger partial charge >= 0.3 is 11.6 Å². The Morgan fingerprint density at radius 3 is 2.07 bits per heavy atom. The molecule has 4 rings (SSSR count). The molecular weight excluding hydrogens is 352 g/mol. The van der Waals surface area contributed by atoms with Crippen molar-refractivity contribution in [1.82, 2.24) is 0 Å². The molecule has 0 bridgehead atoms. The van der Waals surface area contributed by atoms with Crippen LogP contribution < -0.4 is 5.63 Å². The van der Waals surface area contributed by atoms with E-state index in [4.69, 9.17) is 9.15 Å². The Morgan fingerprint density at radius 1 is 0.857 bits per heavy atom. The van der Waals surface area contributed by atoms with Crippen molar-refractivity contribution >= 4 is 16.9 Å². The zero-order valence-corrected chi connectivity index (χ0v) is 15.3. The molecule has 0 N–H and O–H groups in total. The van der Waals surface area contributed by atoms with Crippen LogP contribution in [0.3, 0.4) is 0 Å². The predicted octanol–water partition coefficient (Wildman–Crippen LogP) is 5.30. The van der Waals surface area contributed by atoms with Crippen LogP contribution in [0.15, 0.2) is 88.1 Å². The molecule has 0 amide bonds. The minimum Gasteiger partial charge on any atom is -0.462 e. The molecule has 0 aliphatic rings. The van der Waals surface area contributed by atoms with Crippen LogP contribution in [0, 0.1) is 0 Å². The molecule has 0 fully saturated rings. The number of fused-ring (bicyclic) bond motifs is 1. The Labute approximate surface area is 162 Å². The zero-order valence-electron chi connectivity index (χ0n) is 15.3. The Balaban J connectivity index is 2.09. The molecule has 0 atom stereocenters. The highest BCUT2D eigenvalue weighted by atomic mass is 16.5. The van der Waals surface area contributed by atoms with Crippen molar-refractivity contribution in [3.8, 4) is 22.3 Å². The average Bonchev–Trinajstić information content (AvgIpc) is 2.74. The largest absolute Gasteiger partial charge is 0.462 e. The van der Waals surface area contributed by atoms with Gasteiger partial charge in [-0.2, -0.15) is 0 Å². The Morgan fingerprint density at radius 2 is 1.46 bits per heavy atom. The van der Waals surface area contributed by atoms with Gasteiger partial charge in [-0.3, -0.25) is 0 Å². The van der Waals surface area contributed by atoms with E-state index in [0.29, 0.717) is 28.7 Å². The van der Waals surface area contributed by atoms with E-state index in [2.05, 4.69) is 0 Å². The summed E-state index contributed by atoms with van der Waals surface area (Å²) >= 11 is 0. The number of hydrogen-bond acceptors (Lipinski definition) is 4. The summed E-state index contributed by atoms with van der Waals surface area (Å²) in [5.41, 5.74) is 3.28. The monoisotopic (exact) mass is 370 g/mol. The first-order chi connectivity index (χ1) is 13.7. The van der Waals surface area contributed by atoms with Gasteiger partial charge in [0.25, 0.3) is 0 Å². The fourth-order valence-corrected chi connectivity index (χ4v) is 3.32. The Hall–Kier alpha value is -3.66. The van der Waals surface area contributed by atoms with Crippen molar-refractivity contribution in [2.24, 2.45) is 0 Å². The third-order valence-corrected chi connectivity index (χ3v) is 4.54. The standard InChI is InChI=1S/C24H18O4/c1-2-27-23(25)18-13-14-20-19(15-18)21(16-9-5-3-6-10-16)22(24(26)28-20)17-11-7-4-8-12-17/h3-15H,2H2,1H3. The van der Waals surface area contributed by atoms with Gasteiger partial charge in [0.1, 0.15) is 5.58 Å². The van der Waals surface area contributed by atoms with E-state index in [1.54, 1.807) is 25.1 Å². The van der Waals surface area contributed by atoms with E-state index in [9.17, 15) is 9.59 Å². The summed E-state index contributed by atoms with van der Waals surface area (Å²) in [6, 6.07) is 24.0. The molecule has 0 aliphatic carbocycles. The van der Waals surface area contributed by atoms with Crippen molar-refractivity contribution in [1.29, 1.82) is 0 Å². The highest BCUT2D eigenvalue weighted by molar-refractivity contribution is 6.04. The normalized spacial score (nSPS) is 10.8. The maximum absolute atomic E-state index is 12.9. The fourth-order valence-electron chi connectivity index (χ4n) is 3.32. The van der Waals surface area contributed by atoms with E-state index < -0.39 is 11.6 Å². The third-order valence-electron chi connectivity index (χ3n) is 4.54. The van der Waals surface area contributed by atoms with Gasteiger partial charge in [-0.25, -0.2) is 9.59 Å². The van der Waals surface area contributed by atoms with Gasteiger partial charge < -0.3 is 9.15 Å². The molecule has 4 aromatic rings. The number of carbonyl (C=O) groups excluding carboxylic acids is 1. The Kier molecular flexibility index (Phi) is 4.77. The fraction of sp³-hybridized carbons (Fsp3) is 0.0833. The van der Waals surface area contributed by atoms with Gasteiger partial charge in [-0.1, -0.05) is 60.7 Å². The van der Waals surface area contributed by atoms with Crippen molar-refractivity contribution in [2.75, 3.05) is 6.61 Å². The van der Waals surface area contributed by atoms with E-state index in [1.165, 1.54) is 0 Å². The van der Waals surface area contributed by atoms with Crippen LogP contribution in [0.25, 0.3) is 33.2 Å². The van der Waals surface area contributed by atoms with E-state index in [-0.39, 0.29) is 0 Å². The molecule has 4 nitrogen and oxygen atoms in total.